The number of urea groups is 1. The second kappa shape index (κ2) is 14.4. The number of aliphatic hydroxyl groups is 1. The van der Waals surface area contributed by atoms with Gasteiger partial charge in [-0.3, -0.25) is 14.7 Å². The van der Waals surface area contributed by atoms with Crippen molar-refractivity contribution in [3.63, 3.8) is 0 Å². The van der Waals surface area contributed by atoms with Gasteiger partial charge in [-0.2, -0.15) is 0 Å². The first-order chi connectivity index (χ1) is 19.2. The fraction of sp³-hybridized carbons (Fsp3) is 0.536. The minimum Gasteiger partial charge on any atom is -0.489 e. The van der Waals surface area contributed by atoms with Gasteiger partial charge in [0.25, 0.3) is 0 Å². The van der Waals surface area contributed by atoms with Gasteiger partial charge in [0.15, 0.2) is 0 Å². The molecule has 2 saturated heterocycles. The van der Waals surface area contributed by atoms with Crippen LogP contribution in [0.3, 0.4) is 0 Å². The van der Waals surface area contributed by atoms with Crippen LogP contribution in [-0.2, 0) is 11.2 Å². The molecule has 2 aliphatic rings. The smallest absolute Gasteiger partial charge is 0.318 e. The number of likely N-dealkylation sites (tertiary alicyclic amines) is 2. The molecular weight excluding hydrogens is 668 g/mol. The van der Waals surface area contributed by atoms with E-state index in [-0.39, 0.29) is 41.0 Å². The number of piperidine rings is 1. The number of hydrogen-bond donors (Lipinski definition) is 2. The molecule has 3 amide bonds. The number of ether oxygens (including phenoxy) is 1. The lowest BCUT2D eigenvalue weighted by atomic mass is 9.91. The van der Waals surface area contributed by atoms with Crippen LogP contribution in [0.1, 0.15) is 36.4 Å². The van der Waals surface area contributed by atoms with Crippen LogP contribution in [0.15, 0.2) is 36.5 Å². The van der Waals surface area contributed by atoms with Crippen LogP contribution >= 0.6 is 45.8 Å². The second-order valence-corrected chi connectivity index (χ2v) is 12.7. The summed E-state index contributed by atoms with van der Waals surface area (Å²) in [5, 5.41) is 13.4. The molecule has 0 radical (unpaired) electrons. The zero-order valence-corrected chi connectivity index (χ0v) is 26.4. The predicted molar refractivity (Wildman–Crippen MR) is 164 cm³/mol. The lowest BCUT2D eigenvalue weighted by Crippen LogP contribution is -2.60. The molecule has 0 unspecified atom stereocenters. The van der Waals surface area contributed by atoms with Crippen LogP contribution in [0.4, 0.5) is 4.79 Å². The van der Waals surface area contributed by atoms with E-state index < -0.39 is 6.04 Å². The van der Waals surface area contributed by atoms with Gasteiger partial charge >= 0.3 is 6.03 Å². The SMILES string of the molecule is CN(C)[C@H](I)COc1cccnc1C1CCN(C(=O)[C@@H](Cc2ccc(Cl)cc2Cl)NC(=O)N2CC[C@H]2CO)CC1. The normalized spacial score (nSPS) is 19.2. The maximum atomic E-state index is 13.8. The molecule has 9 nitrogen and oxygen atoms in total. The van der Waals surface area contributed by atoms with Gasteiger partial charge in [-0.1, -0.05) is 51.9 Å². The second-order valence-electron chi connectivity index (χ2n) is 10.5. The lowest BCUT2D eigenvalue weighted by Gasteiger charge is -2.41. The van der Waals surface area contributed by atoms with Crippen molar-refractivity contribution in [1.82, 2.24) is 25.0 Å². The van der Waals surface area contributed by atoms with Crippen molar-refractivity contribution >= 4 is 57.7 Å². The Balaban J connectivity index is 1.43. The van der Waals surface area contributed by atoms with Gasteiger partial charge in [-0.05, 0) is 63.2 Å². The Hall–Kier alpha value is -1.86. The monoisotopic (exact) mass is 703 g/mol. The van der Waals surface area contributed by atoms with Gasteiger partial charge in [0, 0.05) is 48.2 Å². The minimum atomic E-state index is -0.803. The lowest BCUT2D eigenvalue weighted by molar-refractivity contribution is -0.134. The van der Waals surface area contributed by atoms with Crippen LogP contribution in [0.5, 0.6) is 5.75 Å². The zero-order valence-electron chi connectivity index (χ0n) is 22.7. The van der Waals surface area contributed by atoms with Crippen LogP contribution < -0.4 is 10.1 Å². The number of aromatic nitrogens is 1. The number of nitrogens with zero attached hydrogens (tertiary/aromatic N) is 4. The van der Waals surface area contributed by atoms with Gasteiger partial charge in [0.05, 0.1) is 22.4 Å². The summed E-state index contributed by atoms with van der Waals surface area (Å²) in [6, 6.07) is 7.59. The molecule has 218 valence electrons. The summed E-state index contributed by atoms with van der Waals surface area (Å²) in [6.45, 7) is 2.07. The van der Waals surface area contributed by atoms with E-state index in [2.05, 4.69) is 37.8 Å². The number of aliphatic hydroxyl groups excluding tert-OH is 1. The van der Waals surface area contributed by atoms with Crippen LogP contribution in [-0.4, -0.2) is 99.8 Å². The Labute approximate surface area is 259 Å². The van der Waals surface area contributed by atoms with E-state index in [1.807, 2.05) is 26.2 Å². The number of carbonyl (C=O) groups excluding carboxylic acids is 2. The van der Waals surface area contributed by atoms with Gasteiger partial charge in [-0.15, -0.1) is 0 Å². The van der Waals surface area contributed by atoms with Crippen molar-refractivity contribution in [2.24, 2.45) is 0 Å². The summed E-state index contributed by atoms with van der Waals surface area (Å²) < 4.78 is 6.36. The number of halogens is 3. The molecule has 2 aliphatic heterocycles. The molecule has 3 heterocycles. The molecule has 0 saturated carbocycles. The van der Waals surface area contributed by atoms with Gasteiger partial charge in [-0.25, -0.2) is 4.79 Å². The van der Waals surface area contributed by atoms with E-state index in [0.29, 0.717) is 36.3 Å². The molecule has 12 heteroatoms. The van der Waals surface area contributed by atoms with Crippen LogP contribution in [0.25, 0.3) is 0 Å². The number of carbonyl (C=O) groups is 2. The highest BCUT2D eigenvalue weighted by molar-refractivity contribution is 14.1. The molecule has 0 aliphatic carbocycles. The van der Waals surface area contributed by atoms with E-state index in [1.165, 1.54) is 0 Å². The Kier molecular flexibility index (Phi) is 11.2. The Morgan fingerprint density at radius 2 is 1.95 bits per heavy atom. The van der Waals surface area contributed by atoms with Crippen molar-refractivity contribution in [3.05, 3.63) is 57.8 Å². The van der Waals surface area contributed by atoms with Gasteiger partial charge < -0.3 is 25.0 Å². The van der Waals surface area contributed by atoms with E-state index in [1.54, 1.807) is 34.2 Å². The van der Waals surface area contributed by atoms with E-state index >= 15 is 0 Å². The summed E-state index contributed by atoms with van der Waals surface area (Å²) in [5.74, 6) is 0.791. The van der Waals surface area contributed by atoms with Crippen molar-refractivity contribution in [1.29, 1.82) is 0 Å². The molecular formula is C28H36Cl2IN5O4. The van der Waals surface area contributed by atoms with Gasteiger partial charge in [0.1, 0.15) is 18.4 Å². The highest BCUT2D eigenvalue weighted by Gasteiger charge is 2.36. The molecule has 2 N–H and O–H groups in total. The third kappa shape index (κ3) is 7.70. The largest absolute Gasteiger partial charge is 0.489 e. The van der Waals surface area contributed by atoms with E-state index in [4.69, 9.17) is 27.9 Å². The first kappa shape index (κ1) is 31.1. The number of pyridine rings is 1. The number of amides is 3. The maximum absolute atomic E-state index is 13.8. The molecule has 3 atom stereocenters. The molecule has 0 bridgehead atoms. The maximum Gasteiger partial charge on any atom is 0.318 e. The topological polar surface area (TPSA) is 98.2 Å². The molecule has 4 rings (SSSR count). The number of likely N-dealkylation sites (N-methyl/N-ethyl adjacent to an activating group) is 1. The van der Waals surface area contributed by atoms with Crippen LogP contribution in [0.2, 0.25) is 10.0 Å². The Morgan fingerprint density at radius 1 is 1.20 bits per heavy atom. The van der Waals surface area contributed by atoms with Crippen molar-refractivity contribution in [2.45, 2.75) is 47.7 Å². The summed E-state index contributed by atoms with van der Waals surface area (Å²) in [7, 11) is 4.03. The molecule has 40 heavy (non-hydrogen) atoms. The number of alkyl halides is 1. The average Bonchev–Trinajstić information content (AvgIpc) is 2.92. The highest BCUT2D eigenvalue weighted by Crippen LogP contribution is 2.33. The molecule has 1 aromatic heterocycles. The summed E-state index contributed by atoms with van der Waals surface area (Å²) in [4.78, 5) is 36.9. The number of hydrogen-bond acceptors (Lipinski definition) is 6. The summed E-state index contributed by atoms with van der Waals surface area (Å²) in [5.41, 5.74) is 1.64. The molecule has 2 fully saturated rings. The van der Waals surface area contributed by atoms with Crippen LogP contribution in [0, 0.1) is 0 Å². The van der Waals surface area contributed by atoms with E-state index in [9.17, 15) is 14.7 Å². The van der Waals surface area contributed by atoms with Gasteiger partial charge in [0.2, 0.25) is 5.91 Å². The fourth-order valence-electron chi connectivity index (χ4n) is 4.97. The Morgan fingerprint density at radius 3 is 2.58 bits per heavy atom. The Bertz CT molecular complexity index is 1180. The number of benzene rings is 1. The third-order valence-electron chi connectivity index (χ3n) is 7.58. The number of rotatable bonds is 10. The van der Waals surface area contributed by atoms with Crippen molar-refractivity contribution in [3.8, 4) is 5.75 Å². The molecule has 1 aromatic carbocycles. The zero-order chi connectivity index (χ0) is 28.8. The molecule has 2 aromatic rings. The highest BCUT2D eigenvalue weighted by atomic mass is 127. The quantitative estimate of drug-likeness (QED) is 0.219. The summed E-state index contributed by atoms with van der Waals surface area (Å²) in [6.07, 6.45) is 4.23. The first-order valence-corrected chi connectivity index (χ1v) is 15.5. The van der Waals surface area contributed by atoms with Crippen molar-refractivity contribution < 1.29 is 19.4 Å². The predicted octanol–water partition coefficient (Wildman–Crippen LogP) is 4.18. The minimum absolute atomic E-state index is 0.102. The average molecular weight is 704 g/mol. The summed E-state index contributed by atoms with van der Waals surface area (Å²) >= 11 is 14.8. The van der Waals surface area contributed by atoms with Crippen molar-refractivity contribution in [2.75, 3.05) is 46.9 Å². The fourth-order valence-corrected chi connectivity index (χ4v) is 5.64. The molecule has 0 spiro atoms. The standard InChI is InChI=1S/C28H36Cl2IN5O4/c1-34(2)25(31)17-40-24-4-3-10-32-26(24)18-7-11-35(12-8-18)27(38)23(14-19-5-6-20(29)15-22(19)30)33-28(39)36-13-9-21(36)16-37/h3-6,10,15,18,21,23,25,37H,7-9,11-14,16-17H2,1-2H3,(H,33,39)/t21-,23+,25-/m0/s1. The number of nitrogens with one attached hydrogen (secondary N) is 1. The van der Waals surface area contributed by atoms with E-state index in [0.717, 1.165) is 36.3 Å². The first-order valence-electron chi connectivity index (χ1n) is 13.5. The third-order valence-corrected chi connectivity index (χ3v) is 9.64.